The fourth-order valence-corrected chi connectivity index (χ4v) is 3.63. The Morgan fingerprint density at radius 2 is 2.21 bits per heavy atom. The van der Waals surface area contributed by atoms with Crippen LogP contribution in [0.3, 0.4) is 0 Å². The molecule has 0 aliphatic heterocycles. The largest absolute Gasteiger partial charge is 0.356 e. The molecule has 0 aliphatic rings. The molecule has 0 aromatic carbocycles. The van der Waals surface area contributed by atoms with Crippen molar-refractivity contribution in [3.05, 3.63) is 16.2 Å². The molecular weight excluding hydrogens is 298 g/mol. The van der Waals surface area contributed by atoms with Gasteiger partial charge in [0.05, 0.1) is 5.39 Å². The van der Waals surface area contributed by atoms with Gasteiger partial charge in [-0.25, -0.2) is 4.98 Å². The van der Waals surface area contributed by atoms with Crippen molar-refractivity contribution in [3.8, 4) is 0 Å². The standard InChI is InChI=1S/C13H18ClN3S2/c1-8(5-6-18-4)17(3)11-10-7-9(2)19-12(10)16-13(14)15-11/h7-8H,5-6H2,1-4H3. The van der Waals surface area contributed by atoms with Crippen molar-refractivity contribution in [2.75, 3.05) is 24.0 Å². The van der Waals surface area contributed by atoms with E-state index in [0.717, 1.165) is 28.2 Å². The van der Waals surface area contributed by atoms with Crippen molar-refractivity contribution in [3.63, 3.8) is 0 Å². The summed E-state index contributed by atoms with van der Waals surface area (Å²) in [5.74, 6) is 2.09. The summed E-state index contributed by atoms with van der Waals surface area (Å²) in [6.45, 7) is 4.30. The van der Waals surface area contributed by atoms with Crippen LogP contribution in [0.25, 0.3) is 10.2 Å². The lowest BCUT2D eigenvalue weighted by Gasteiger charge is -2.26. The molecule has 1 unspecified atom stereocenters. The van der Waals surface area contributed by atoms with Crippen LogP contribution < -0.4 is 4.90 Å². The Morgan fingerprint density at radius 1 is 1.47 bits per heavy atom. The maximum Gasteiger partial charge on any atom is 0.225 e. The molecule has 1 atom stereocenters. The Bertz CT molecular complexity index is 570. The third-order valence-corrected chi connectivity index (χ3v) is 4.96. The molecule has 2 aromatic rings. The van der Waals surface area contributed by atoms with E-state index in [-0.39, 0.29) is 0 Å². The second-order valence-electron chi connectivity index (χ2n) is 4.63. The molecule has 2 aromatic heterocycles. The smallest absolute Gasteiger partial charge is 0.225 e. The zero-order valence-corrected chi connectivity index (χ0v) is 14.0. The fraction of sp³-hybridized carbons (Fsp3) is 0.538. The van der Waals surface area contributed by atoms with Gasteiger partial charge in [-0.2, -0.15) is 16.7 Å². The maximum atomic E-state index is 6.04. The Labute approximate surface area is 127 Å². The highest BCUT2D eigenvalue weighted by molar-refractivity contribution is 7.98. The summed E-state index contributed by atoms with van der Waals surface area (Å²) in [5.41, 5.74) is 0. The van der Waals surface area contributed by atoms with Gasteiger partial charge in [0.1, 0.15) is 10.6 Å². The predicted octanol–water partition coefficient (Wildman–Crippen LogP) is 4.23. The number of rotatable bonds is 5. The molecule has 6 heteroatoms. The van der Waals surface area contributed by atoms with Crippen LogP contribution in [-0.4, -0.2) is 35.1 Å². The van der Waals surface area contributed by atoms with E-state index >= 15 is 0 Å². The van der Waals surface area contributed by atoms with Crippen molar-refractivity contribution >= 4 is 50.7 Å². The van der Waals surface area contributed by atoms with Gasteiger partial charge in [0.2, 0.25) is 5.28 Å². The van der Waals surface area contributed by atoms with Crippen LogP contribution in [0.2, 0.25) is 5.28 Å². The number of aryl methyl sites for hydroxylation is 1. The van der Waals surface area contributed by atoms with E-state index in [4.69, 9.17) is 11.6 Å². The molecule has 3 nitrogen and oxygen atoms in total. The van der Waals surface area contributed by atoms with Crippen LogP contribution in [0.5, 0.6) is 0 Å². The molecule has 0 amide bonds. The van der Waals surface area contributed by atoms with Crippen LogP contribution >= 0.6 is 34.7 Å². The first kappa shape index (κ1) is 14.9. The lowest BCUT2D eigenvalue weighted by atomic mass is 10.2. The van der Waals surface area contributed by atoms with Crippen LogP contribution in [0, 0.1) is 6.92 Å². The highest BCUT2D eigenvalue weighted by Crippen LogP contribution is 2.32. The Balaban J connectivity index is 2.37. The third kappa shape index (κ3) is 3.33. The first-order valence-corrected chi connectivity index (χ1v) is 8.77. The van der Waals surface area contributed by atoms with E-state index in [1.165, 1.54) is 4.88 Å². The molecule has 2 rings (SSSR count). The zero-order chi connectivity index (χ0) is 14.0. The SMILES string of the molecule is CSCCC(C)N(C)c1nc(Cl)nc2sc(C)cc12. The quantitative estimate of drug-likeness (QED) is 0.772. The molecule has 0 fully saturated rings. The van der Waals surface area contributed by atoms with Crippen LogP contribution in [0.4, 0.5) is 5.82 Å². The molecule has 0 spiro atoms. The number of hydrogen-bond acceptors (Lipinski definition) is 5. The second kappa shape index (κ2) is 6.29. The van der Waals surface area contributed by atoms with E-state index in [1.807, 2.05) is 11.8 Å². The second-order valence-corrected chi connectivity index (χ2v) is 7.19. The number of halogens is 1. The molecule has 2 heterocycles. The molecule has 0 bridgehead atoms. The monoisotopic (exact) mass is 315 g/mol. The lowest BCUT2D eigenvalue weighted by Crippen LogP contribution is -2.30. The van der Waals surface area contributed by atoms with Crippen molar-refractivity contribution in [2.45, 2.75) is 26.3 Å². The van der Waals surface area contributed by atoms with E-state index < -0.39 is 0 Å². The van der Waals surface area contributed by atoms with Crippen molar-refractivity contribution < 1.29 is 0 Å². The van der Waals surface area contributed by atoms with E-state index in [9.17, 15) is 0 Å². The van der Waals surface area contributed by atoms with Crippen LogP contribution in [0.15, 0.2) is 6.07 Å². The van der Waals surface area contributed by atoms with Gasteiger partial charge in [-0.05, 0) is 49.9 Å². The van der Waals surface area contributed by atoms with Gasteiger partial charge in [0, 0.05) is 18.0 Å². The van der Waals surface area contributed by atoms with E-state index in [1.54, 1.807) is 11.3 Å². The zero-order valence-electron chi connectivity index (χ0n) is 11.6. The predicted molar refractivity (Wildman–Crippen MR) is 88.0 cm³/mol. The van der Waals surface area contributed by atoms with Crippen molar-refractivity contribution in [1.29, 1.82) is 0 Å². The minimum Gasteiger partial charge on any atom is -0.356 e. The van der Waals surface area contributed by atoms with Gasteiger partial charge in [-0.3, -0.25) is 0 Å². The normalized spacial score (nSPS) is 12.9. The highest BCUT2D eigenvalue weighted by Gasteiger charge is 2.17. The summed E-state index contributed by atoms with van der Waals surface area (Å²) in [7, 11) is 2.08. The summed E-state index contributed by atoms with van der Waals surface area (Å²) in [4.78, 5) is 13.1. The van der Waals surface area contributed by atoms with Crippen LogP contribution in [0.1, 0.15) is 18.2 Å². The number of anilines is 1. The number of thiophene rings is 1. The summed E-state index contributed by atoms with van der Waals surface area (Å²) >= 11 is 9.57. The van der Waals surface area contributed by atoms with Gasteiger partial charge in [-0.15, -0.1) is 11.3 Å². The summed E-state index contributed by atoms with van der Waals surface area (Å²) in [6.07, 6.45) is 3.26. The minimum atomic E-state index is 0.327. The molecule has 0 saturated heterocycles. The minimum absolute atomic E-state index is 0.327. The van der Waals surface area contributed by atoms with E-state index in [0.29, 0.717) is 11.3 Å². The number of nitrogens with zero attached hydrogens (tertiary/aromatic N) is 3. The molecule has 0 aliphatic carbocycles. The molecule has 104 valence electrons. The average molecular weight is 316 g/mol. The summed E-state index contributed by atoms with van der Waals surface area (Å²) < 4.78 is 0. The number of hydrogen-bond donors (Lipinski definition) is 0. The Hall–Kier alpha value is -0.520. The van der Waals surface area contributed by atoms with Gasteiger partial charge in [0.15, 0.2) is 0 Å². The molecule has 19 heavy (non-hydrogen) atoms. The van der Waals surface area contributed by atoms with Gasteiger partial charge in [0.25, 0.3) is 0 Å². The number of thioether (sulfide) groups is 1. The molecule has 0 N–H and O–H groups in total. The molecular formula is C13H18ClN3S2. The molecule has 0 saturated carbocycles. The number of fused-ring (bicyclic) bond motifs is 1. The first-order chi connectivity index (χ1) is 9.02. The molecule has 0 radical (unpaired) electrons. The fourth-order valence-electron chi connectivity index (χ4n) is 1.96. The lowest BCUT2D eigenvalue weighted by molar-refractivity contribution is 0.664. The first-order valence-electron chi connectivity index (χ1n) is 6.18. The van der Waals surface area contributed by atoms with Gasteiger partial charge < -0.3 is 4.90 Å². The summed E-state index contributed by atoms with van der Waals surface area (Å²) in [5, 5.41) is 1.43. The third-order valence-electron chi connectivity index (χ3n) is 3.20. The van der Waals surface area contributed by atoms with Gasteiger partial charge in [-0.1, -0.05) is 0 Å². The topological polar surface area (TPSA) is 29.0 Å². The Kier molecular flexibility index (Phi) is 4.92. The number of aromatic nitrogens is 2. The Morgan fingerprint density at radius 3 is 2.89 bits per heavy atom. The average Bonchev–Trinajstić information content (AvgIpc) is 2.74. The van der Waals surface area contributed by atoms with Gasteiger partial charge >= 0.3 is 0 Å². The highest BCUT2D eigenvalue weighted by atomic mass is 35.5. The van der Waals surface area contributed by atoms with Crippen molar-refractivity contribution in [1.82, 2.24) is 9.97 Å². The maximum absolute atomic E-state index is 6.04. The summed E-state index contributed by atoms with van der Waals surface area (Å²) in [6, 6.07) is 2.57. The van der Waals surface area contributed by atoms with E-state index in [2.05, 4.69) is 48.1 Å². The van der Waals surface area contributed by atoms with Crippen LogP contribution in [-0.2, 0) is 0 Å². The van der Waals surface area contributed by atoms with Crippen molar-refractivity contribution in [2.24, 2.45) is 0 Å².